The molecule has 0 aliphatic heterocycles. The van der Waals surface area contributed by atoms with Crippen LogP contribution in [0.1, 0.15) is 37.7 Å². The first kappa shape index (κ1) is 12.4. The number of hydrogen-bond donors (Lipinski definition) is 1. The molecule has 0 atom stereocenters. The molecule has 1 rings (SSSR count). The molecule has 5 heteroatoms. The summed E-state index contributed by atoms with van der Waals surface area (Å²) in [4.78, 5) is 20.8. The lowest BCUT2D eigenvalue weighted by atomic mass is 10.3. The summed E-state index contributed by atoms with van der Waals surface area (Å²) >= 11 is 0. The van der Waals surface area contributed by atoms with Crippen LogP contribution < -0.4 is 4.90 Å². The van der Waals surface area contributed by atoms with E-state index >= 15 is 0 Å². The van der Waals surface area contributed by atoms with E-state index in [4.69, 9.17) is 5.11 Å². The highest BCUT2D eigenvalue weighted by atomic mass is 16.4. The van der Waals surface area contributed by atoms with Gasteiger partial charge in [0.25, 0.3) is 0 Å². The maximum atomic E-state index is 10.8. The van der Waals surface area contributed by atoms with Gasteiger partial charge in [0, 0.05) is 12.6 Å². The van der Waals surface area contributed by atoms with Gasteiger partial charge in [0.15, 0.2) is 5.69 Å². The minimum Gasteiger partial charge on any atom is -0.476 e. The van der Waals surface area contributed by atoms with E-state index in [1.165, 1.54) is 6.20 Å². The largest absolute Gasteiger partial charge is 0.476 e. The van der Waals surface area contributed by atoms with E-state index in [9.17, 15) is 4.79 Å². The van der Waals surface area contributed by atoms with Gasteiger partial charge in [0.05, 0.1) is 12.4 Å². The second-order valence-corrected chi connectivity index (χ2v) is 3.85. The summed E-state index contributed by atoms with van der Waals surface area (Å²) in [6, 6.07) is 0.276. The second-order valence-electron chi connectivity index (χ2n) is 3.85. The molecule has 0 amide bonds. The van der Waals surface area contributed by atoms with Crippen molar-refractivity contribution < 1.29 is 9.90 Å². The van der Waals surface area contributed by atoms with E-state index in [2.05, 4.69) is 16.9 Å². The Morgan fingerprint density at radius 2 is 2.19 bits per heavy atom. The summed E-state index contributed by atoms with van der Waals surface area (Å²) in [6.45, 7) is 7.01. The fourth-order valence-corrected chi connectivity index (χ4v) is 1.48. The Morgan fingerprint density at radius 1 is 1.50 bits per heavy atom. The van der Waals surface area contributed by atoms with Crippen molar-refractivity contribution in [2.24, 2.45) is 0 Å². The van der Waals surface area contributed by atoms with Crippen LogP contribution in [-0.4, -0.2) is 33.6 Å². The average molecular weight is 223 g/mol. The quantitative estimate of drug-likeness (QED) is 0.824. The normalized spacial score (nSPS) is 10.5. The number of carboxylic acid groups (broad SMARTS) is 1. The zero-order valence-corrected chi connectivity index (χ0v) is 9.84. The molecule has 0 aromatic carbocycles. The van der Waals surface area contributed by atoms with Crippen LogP contribution in [0.5, 0.6) is 0 Å². The van der Waals surface area contributed by atoms with Crippen molar-refractivity contribution in [1.29, 1.82) is 0 Å². The highest BCUT2D eigenvalue weighted by Crippen LogP contribution is 2.13. The van der Waals surface area contributed by atoms with Gasteiger partial charge in [0.2, 0.25) is 0 Å². The zero-order chi connectivity index (χ0) is 12.1. The van der Waals surface area contributed by atoms with Crippen LogP contribution in [0.25, 0.3) is 0 Å². The van der Waals surface area contributed by atoms with Crippen molar-refractivity contribution in [3.05, 3.63) is 18.1 Å². The van der Waals surface area contributed by atoms with Crippen LogP contribution in [0.15, 0.2) is 12.4 Å². The third-order valence-electron chi connectivity index (χ3n) is 2.22. The Morgan fingerprint density at radius 3 is 2.69 bits per heavy atom. The molecule has 0 aliphatic rings. The lowest BCUT2D eigenvalue weighted by Crippen LogP contribution is -2.32. The molecular formula is C11H17N3O2. The molecule has 0 saturated heterocycles. The Labute approximate surface area is 95.1 Å². The van der Waals surface area contributed by atoms with Crippen molar-refractivity contribution in [2.75, 3.05) is 11.4 Å². The van der Waals surface area contributed by atoms with E-state index in [0.717, 1.165) is 13.0 Å². The topological polar surface area (TPSA) is 66.3 Å². The van der Waals surface area contributed by atoms with Gasteiger partial charge in [-0.25, -0.2) is 9.78 Å². The van der Waals surface area contributed by atoms with Crippen molar-refractivity contribution in [1.82, 2.24) is 9.97 Å². The lowest BCUT2D eigenvalue weighted by Gasteiger charge is -2.27. The van der Waals surface area contributed by atoms with Gasteiger partial charge in [-0.2, -0.15) is 0 Å². The van der Waals surface area contributed by atoms with Gasteiger partial charge in [-0.05, 0) is 20.3 Å². The van der Waals surface area contributed by atoms with Crippen LogP contribution in [0, 0.1) is 0 Å². The third kappa shape index (κ3) is 2.92. The summed E-state index contributed by atoms with van der Waals surface area (Å²) in [5, 5.41) is 8.84. The molecule has 0 fully saturated rings. The Hall–Kier alpha value is -1.65. The Balaban J connectivity index is 3.00. The van der Waals surface area contributed by atoms with Crippen LogP contribution in [0.2, 0.25) is 0 Å². The minimum atomic E-state index is -1.05. The summed E-state index contributed by atoms with van der Waals surface area (Å²) in [7, 11) is 0. The number of rotatable bonds is 5. The fraction of sp³-hybridized carbons (Fsp3) is 0.545. The molecule has 0 saturated carbocycles. The molecule has 0 unspecified atom stereocenters. The molecule has 0 radical (unpaired) electrons. The van der Waals surface area contributed by atoms with Crippen molar-refractivity contribution in [3.63, 3.8) is 0 Å². The van der Waals surface area contributed by atoms with Gasteiger partial charge in [-0.3, -0.25) is 4.98 Å². The number of anilines is 1. The Kier molecular flexibility index (Phi) is 4.22. The van der Waals surface area contributed by atoms with Crippen LogP contribution in [0.4, 0.5) is 5.82 Å². The molecule has 1 heterocycles. The van der Waals surface area contributed by atoms with Crippen molar-refractivity contribution >= 4 is 11.8 Å². The molecule has 0 aliphatic carbocycles. The van der Waals surface area contributed by atoms with Gasteiger partial charge in [-0.15, -0.1) is 0 Å². The van der Waals surface area contributed by atoms with Gasteiger partial charge in [-0.1, -0.05) is 6.92 Å². The molecule has 1 N–H and O–H groups in total. The summed E-state index contributed by atoms with van der Waals surface area (Å²) in [5.74, 6) is -0.425. The number of carboxylic acids is 1. The maximum absolute atomic E-state index is 10.8. The molecular weight excluding hydrogens is 206 g/mol. The standard InChI is InChI=1S/C11H17N3O2/c1-4-5-14(8(2)3)10-7-12-6-9(13-10)11(15)16/h6-8H,4-5H2,1-3H3,(H,15,16). The van der Waals surface area contributed by atoms with Gasteiger partial charge >= 0.3 is 5.97 Å². The smallest absolute Gasteiger partial charge is 0.356 e. The van der Waals surface area contributed by atoms with E-state index < -0.39 is 5.97 Å². The third-order valence-corrected chi connectivity index (χ3v) is 2.22. The van der Waals surface area contributed by atoms with Crippen LogP contribution >= 0.6 is 0 Å². The predicted molar refractivity (Wildman–Crippen MR) is 61.8 cm³/mol. The van der Waals surface area contributed by atoms with Crippen molar-refractivity contribution in [2.45, 2.75) is 33.2 Å². The first-order valence-corrected chi connectivity index (χ1v) is 5.38. The number of aromatic nitrogens is 2. The number of hydrogen-bond acceptors (Lipinski definition) is 4. The van der Waals surface area contributed by atoms with Gasteiger partial charge in [0.1, 0.15) is 5.82 Å². The molecule has 1 aromatic heterocycles. The molecule has 88 valence electrons. The number of aromatic carboxylic acids is 1. The number of carbonyl (C=O) groups is 1. The SMILES string of the molecule is CCCN(c1cncc(C(=O)O)n1)C(C)C. The molecule has 1 aromatic rings. The summed E-state index contributed by atoms with van der Waals surface area (Å²) < 4.78 is 0. The highest BCUT2D eigenvalue weighted by molar-refractivity contribution is 5.85. The number of nitrogens with zero attached hydrogens (tertiary/aromatic N) is 3. The molecule has 0 spiro atoms. The van der Waals surface area contributed by atoms with E-state index in [1.807, 2.05) is 18.7 Å². The van der Waals surface area contributed by atoms with E-state index in [-0.39, 0.29) is 11.7 Å². The van der Waals surface area contributed by atoms with Crippen LogP contribution in [0.3, 0.4) is 0 Å². The molecule has 16 heavy (non-hydrogen) atoms. The van der Waals surface area contributed by atoms with E-state index in [1.54, 1.807) is 6.20 Å². The second kappa shape index (κ2) is 5.44. The molecule has 5 nitrogen and oxygen atoms in total. The Bertz CT molecular complexity index is 366. The first-order valence-electron chi connectivity index (χ1n) is 5.38. The predicted octanol–water partition coefficient (Wildman–Crippen LogP) is 1.80. The molecule has 0 bridgehead atoms. The average Bonchev–Trinajstić information content (AvgIpc) is 2.25. The fourth-order valence-electron chi connectivity index (χ4n) is 1.48. The lowest BCUT2D eigenvalue weighted by molar-refractivity contribution is 0.0690. The van der Waals surface area contributed by atoms with Crippen LogP contribution in [-0.2, 0) is 0 Å². The highest BCUT2D eigenvalue weighted by Gasteiger charge is 2.13. The first-order chi connectivity index (χ1) is 7.56. The van der Waals surface area contributed by atoms with Crippen molar-refractivity contribution in [3.8, 4) is 0 Å². The summed E-state index contributed by atoms with van der Waals surface area (Å²) in [5.41, 5.74) is -0.0146. The van der Waals surface area contributed by atoms with E-state index in [0.29, 0.717) is 5.82 Å². The zero-order valence-electron chi connectivity index (χ0n) is 9.84. The van der Waals surface area contributed by atoms with Gasteiger partial charge < -0.3 is 10.0 Å². The minimum absolute atomic E-state index is 0.0146. The summed E-state index contributed by atoms with van der Waals surface area (Å²) in [6.07, 6.45) is 3.84. The maximum Gasteiger partial charge on any atom is 0.356 e. The monoisotopic (exact) mass is 223 g/mol.